The minimum Gasteiger partial charge on any atom is -0.490 e. The number of carboxylic acids is 2. The normalized spacial score (nSPS) is 18.6. The molecule has 0 aromatic heterocycles. The summed E-state index contributed by atoms with van der Waals surface area (Å²) >= 11 is 0. The van der Waals surface area contributed by atoms with Crippen LogP contribution in [0.15, 0.2) is 42.5 Å². The minimum absolute atomic E-state index is 0.102. The van der Waals surface area contributed by atoms with E-state index in [0.29, 0.717) is 44.2 Å². The highest BCUT2D eigenvalue weighted by Crippen LogP contribution is 2.36. The van der Waals surface area contributed by atoms with E-state index in [1.165, 1.54) is 5.56 Å². The Hall–Kier alpha value is -3.06. The summed E-state index contributed by atoms with van der Waals surface area (Å²) in [4.78, 5) is 25.0. The van der Waals surface area contributed by atoms with Gasteiger partial charge in [-0.2, -0.15) is 0 Å². The lowest BCUT2D eigenvalue weighted by molar-refractivity contribution is -0.155. The summed E-state index contributed by atoms with van der Waals surface area (Å²) in [5.74, 6) is -0.845. The first-order chi connectivity index (χ1) is 16.0. The van der Waals surface area contributed by atoms with E-state index in [2.05, 4.69) is 45.0 Å². The summed E-state index contributed by atoms with van der Waals surface area (Å²) in [5, 5.41) is 18.8. The Labute approximate surface area is 201 Å². The summed E-state index contributed by atoms with van der Waals surface area (Å²) < 4.78 is 11.9. The standard InChI is InChI=1S/C27H35NO6/c1-5-33-23-14-20(16-28-13-12-27(18-28,25(31)32)15-24(29)30)8-11-22(23)34-17-19-6-9-21(10-7-19)26(2,3)4/h6-11,14H,5,12-13,15-18H2,1-4H3,(H,29,30)(H,31,32). The average Bonchev–Trinajstić information content (AvgIpc) is 3.16. The van der Waals surface area contributed by atoms with Gasteiger partial charge in [0.15, 0.2) is 11.5 Å². The van der Waals surface area contributed by atoms with Crippen LogP contribution in [-0.4, -0.2) is 46.7 Å². The van der Waals surface area contributed by atoms with E-state index in [9.17, 15) is 14.7 Å². The molecular weight excluding hydrogens is 434 g/mol. The predicted octanol–water partition coefficient (Wildman–Crippen LogP) is 4.71. The molecule has 2 aromatic rings. The SMILES string of the molecule is CCOc1cc(CN2CCC(CC(=O)O)(C(=O)O)C2)ccc1OCc1ccc(C(C)(C)C)cc1. The molecule has 184 valence electrons. The zero-order valence-electron chi connectivity index (χ0n) is 20.5. The van der Waals surface area contributed by atoms with Gasteiger partial charge in [-0.15, -0.1) is 0 Å². The zero-order chi connectivity index (χ0) is 24.9. The highest BCUT2D eigenvalue weighted by atomic mass is 16.5. The Morgan fingerprint density at radius 3 is 2.26 bits per heavy atom. The summed E-state index contributed by atoms with van der Waals surface area (Å²) in [5.41, 5.74) is 2.17. The molecule has 34 heavy (non-hydrogen) atoms. The van der Waals surface area contributed by atoms with Crippen molar-refractivity contribution < 1.29 is 29.3 Å². The Bertz CT molecular complexity index is 1010. The van der Waals surface area contributed by atoms with Gasteiger partial charge in [-0.1, -0.05) is 51.1 Å². The van der Waals surface area contributed by atoms with Crippen LogP contribution in [0.25, 0.3) is 0 Å². The third-order valence-electron chi connectivity index (χ3n) is 6.30. The fourth-order valence-electron chi connectivity index (χ4n) is 4.34. The fraction of sp³-hybridized carbons (Fsp3) is 0.481. The van der Waals surface area contributed by atoms with E-state index in [1.54, 1.807) is 0 Å². The number of rotatable bonds is 10. The highest BCUT2D eigenvalue weighted by Gasteiger charge is 2.46. The molecule has 2 N–H and O–H groups in total. The van der Waals surface area contributed by atoms with Gasteiger partial charge in [0.2, 0.25) is 0 Å². The molecule has 7 heteroatoms. The molecule has 0 amide bonds. The van der Waals surface area contributed by atoms with E-state index >= 15 is 0 Å². The topological polar surface area (TPSA) is 96.3 Å². The molecule has 1 heterocycles. The van der Waals surface area contributed by atoms with Crippen LogP contribution >= 0.6 is 0 Å². The van der Waals surface area contributed by atoms with Crippen molar-refractivity contribution in [2.75, 3.05) is 19.7 Å². The second kappa shape index (κ2) is 10.5. The van der Waals surface area contributed by atoms with Crippen LogP contribution in [0.2, 0.25) is 0 Å². The van der Waals surface area contributed by atoms with Crippen molar-refractivity contribution in [2.45, 2.75) is 59.1 Å². The van der Waals surface area contributed by atoms with Gasteiger partial charge in [-0.25, -0.2) is 0 Å². The fourth-order valence-corrected chi connectivity index (χ4v) is 4.34. The van der Waals surface area contributed by atoms with Gasteiger partial charge < -0.3 is 19.7 Å². The molecule has 1 unspecified atom stereocenters. The lowest BCUT2D eigenvalue weighted by Gasteiger charge is -2.23. The van der Waals surface area contributed by atoms with E-state index in [1.807, 2.05) is 30.0 Å². The Balaban J connectivity index is 1.67. The third-order valence-corrected chi connectivity index (χ3v) is 6.30. The van der Waals surface area contributed by atoms with Crippen LogP contribution < -0.4 is 9.47 Å². The number of benzene rings is 2. The number of nitrogens with zero attached hydrogens (tertiary/aromatic N) is 1. The zero-order valence-corrected chi connectivity index (χ0v) is 20.5. The van der Waals surface area contributed by atoms with Gasteiger partial charge in [0.1, 0.15) is 6.61 Å². The van der Waals surface area contributed by atoms with Crippen molar-refractivity contribution in [1.82, 2.24) is 4.90 Å². The first-order valence-electron chi connectivity index (χ1n) is 11.7. The molecule has 0 spiro atoms. The molecule has 0 radical (unpaired) electrons. The highest BCUT2D eigenvalue weighted by molar-refractivity contribution is 5.82. The van der Waals surface area contributed by atoms with Crippen LogP contribution in [0, 0.1) is 5.41 Å². The summed E-state index contributed by atoms with van der Waals surface area (Å²) in [6.45, 7) is 10.6. The van der Waals surface area contributed by atoms with Crippen molar-refractivity contribution in [3.05, 3.63) is 59.2 Å². The second-order valence-corrected chi connectivity index (χ2v) is 10.1. The maximum atomic E-state index is 11.8. The van der Waals surface area contributed by atoms with Crippen LogP contribution in [0.4, 0.5) is 0 Å². The smallest absolute Gasteiger partial charge is 0.311 e. The van der Waals surface area contributed by atoms with Gasteiger partial charge in [0.25, 0.3) is 0 Å². The van der Waals surface area contributed by atoms with Crippen LogP contribution in [0.5, 0.6) is 11.5 Å². The first-order valence-corrected chi connectivity index (χ1v) is 11.7. The number of likely N-dealkylation sites (tertiary alicyclic amines) is 1. The summed E-state index contributed by atoms with van der Waals surface area (Å²) in [6.07, 6.45) is -0.0469. The lowest BCUT2D eigenvalue weighted by atomic mass is 9.84. The van der Waals surface area contributed by atoms with E-state index in [0.717, 1.165) is 11.1 Å². The molecule has 0 bridgehead atoms. The van der Waals surface area contributed by atoms with Crippen molar-refractivity contribution in [3.8, 4) is 11.5 Å². The molecule has 7 nitrogen and oxygen atoms in total. The van der Waals surface area contributed by atoms with Gasteiger partial charge >= 0.3 is 11.9 Å². The molecule has 1 fully saturated rings. The molecule has 1 aliphatic rings. The molecule has 3 rings (SSSR count). The molecule has 2 aromatic carbocycles. The molecule has 1 aliphatic heterocycles. The molecule has 0 aliphatic carbocycles. The number of hydrogen-bond donors (Lipinski definition) is 2. The van der Waals surface area contributed by atoms with Crippen molar-refractivity contribution in [2.24, 2.45) is 5.41 Å². The van der Waals surface area contributed by atoms with E-state index in [-0.39, 0.29) is 18.4 Å². The van der Waals surface area contributed by atoms with Crippen molar-refractivity contribution in [1.29, 1.82) is 0 Å². The van der Waals surface area contributed by atoms with Gasteiger partial charge in [-0.05, 0) is 54.1 Å². The minimum atomic E-state index is -1.24. The van der Waals surface area contributed by atoms with Crippen molar-refractivity contribution >= 4 is 11.9 Å². The maximum absolute atomic E-state index is 11.8. The Kier molecular flexibility index (Phi) is 7.87. The van der Waals surface area contributed by atoms with Crippen LogP contribution in [0.1, 0.15) is 57.2 Å². The molecule has 0 saturated carbocycles. The summed E-state index contributed by atoms with van der Waals surface area (Å²) in [7, 11) is 0. The lowest BCUT2D eigenvalue weighted by Crippen LogP contribution is -2.36. The second-order valence-electron chi connectivity index (χ2n) is 10.1. The van der Waals surface area contributed by atoms with Crippen LogP contribution in [0.3, 0.4) is 0 Å². The molecular formula is C27H35NO6. The van der Waals surface area contributed by atoms with Crippen LogP contribution in [-0.2, 0) is 28.2 Å². The summed E-state index contributed by atoms with van der Waals surface area (Å²) in [6, 6.07) is 14.1. The number of hydrogen-bond acceptors (Lipinski definition) is 5. The quantitative estimate of drug-likeness (QED) is 0.520. The maximum Gasteiger partial charge on any atom is 0.311 e. The first kappa shape index (κ1) is 25.6. The number of ether oxygens (including phenoxy) is 2. The third kappa shape index (κ3) is 6.29. The monoisotopic (exact) mass is 469 g/mol. The number of aliphatic carboxylic acids is 2. The number of carboxylic acid groups (broad SMARTS) is 2. The molecule has 1 saturated heterocycles. The Morgan fingerprint density at radius 1 is 1.00 bits per heavy atom. The van der Waals surface area contributed by atoms with Crippen molar-refractivity contribution in [3.63, 3.8) is 0 Å². The predicted molar refractivity (Wildman–Crippen MR) is 129 cm³/mol. The van der Waals surface area contributed by atoms with Gasteiger partial charge in [0, 0.05) is 13.1 Å². The van der Waals surface area contributed by atoms with E-state index < -0.39 is 17.4 Å². The van der Waals surface area contributed by atoms with E-state index in [4.69, 9.17) is 14.6 Å². The largest absolute Gasteiger partial charge is 0.490 e. The Morgan fingerprint density at radius 2 is 1.68 bits per heavy atom. The molecule has 1 atom stereocenters. The van der Waals surface area contributed by atoms with Gasteiger partial charge in [0.05, 0.1) is 18.4 Å². The number of carbonyl (C=O) groups is 2. The van der Waals surface area contributed by atoms with Gasteiger partial charge in [-0.3, -0.25) is 14.5 Å². The average molecular weight is 470 g/mol.